The Labute approximate surface area is 189 Å². The summed E-state index contributed by atoms with van der Waals surface area (Å²) in [6, 6.07) is 14.3. The first-order valence-corrected chi connectivity index (χ1v) is 10.3. The molecule has 0 fully saturated rings. The lowest BCUT2D eigenvalue weighted by atomic mass is 10.0. The number of aliphatic hydroxyl groups excluding tert-OH is 1. The molecule has 3 N–H and O–H groups in total. The minimum absolute atomic E-state index is 0.0632. The fourth-order valence-electron chi connectivity index (χ4n) is 3.28. The van der Waals surface area contributed by atoms with Crippen LogP contribution >= 0.6 is 0 Å². The van der Waals surface area contributed by atoms with E-state index in [1.807, 2.05) is 0 Å². The molecule has 5 nitrogen and oxygen atoms in total. The molecule has 33 heavy (non-hydrogen) atoms. The van der Waals surface area contributed by atoms with E-state index in [4.69, 9.17) is 0 Å². The van der Waals surface area contributed by atoms with Crippen LogP contribution in [0.1, 0.15) is 21.5 Å². The third-order valence-electron chi connectivity index (χ3n) is 5.04. The minimum atomic E-state index is -1.05. The largest absolute Gasteiger partial charge is 0.394 e. The third kappa shape index (κ3) is 7.18. The van der Waals surface area contributed by atoms with Crippen molar-refractivity contribution >= 4 is 11.8 Å². The molecular weight excluding hydrogens is 433 g/mol. The Kier molecular flexibility index (Phi) is 8.21. The molecule has 8 heteroatoms. The minimum Gasteiger partial charge on any atom is -0.394 e. The van der Waals surface area contributed by atoms with Gasteiger partial charge in [0.1, 0.15) is 23.5 Å². The van der Waals surface area contributed by atoms with Crippen molar-refractivity contribution < 1.29 is 27.9 Å². The molecule has 0 radical (unpaired) electrons. The quantitative estimate of drug-likeness (QED) is 0.463. The highest BCUT2D eigenvalue weighted by Gasteiger charge is 2.24. The molecule has 0 unspecified atom stereocenters. The van der Waals surface area contributed by atoms with Crippen molar-refractivity contribution in [1.82, 2.24) is 10.6 Å². The molecule has 0 aliphatic rings. The number of aliphatic hydroxyl groups is 1. The predicted octanol–water partition coefficient (Wildman–Crippen LogP) is 3.16. The summed E-state index contributed by atoms with van der Waals surface area (Å²) in [7, 11) is 0. The van der Waals surface area contributed by atoms with Crippen molar-refractivity contribution in [3.05, 3.63) is 107 Å². The normalized spacial score (nSPS) is 12.6. The molecule has 3 aromatic rings. The van der Waals surface area contributed by atoms with Crippen LogP contribution in [0, 0.1) is 17.5 Å². The van der Waals surface area contributed by atoms with Gasteiger partial charge in [-0.25, -0.2) is 13.2 Å². The highest BCUT2D eigenvalue weighted by atomic mass is 19.1. The van der Waals surface area contributed by atoms with Gasteiger partial charge in [0.05, 0.1) is 12.6 Å². The van der Waals surface area contributed by atoms with Crippen molar-refractivity contribution in [3.63, 3.8) is 0 Å². The molecule has 0 aromatic heterocycles. The van der Waals surface area contributed by atoms with Gasteiger partial charge in [0.15, 0.2) is 0 Å². The van der Waals surface area contributed by atoms with Crippen LogP contribution in [-0.2, 0) is 17.6 Å². The van der Waals surface area contributed by atoms with E-state index >= 15 is 0 Å². The zero-order valence-electron chi connectivity index (χ0n) is 17.6. The first-order valence-electron chi connectivity index (χ1n) is 10.3. The van der Waals surface area contributed by atoms with E-state index in [0.717, 1.165) is 12.1 Å². The van der Waals surface area contributed by atoms with E-state index in [0.29, 0.717) is 11.1 Å². The average Bonchev–Trinajstić information content (AvgIpc) is 2.81. The van der Waals surface area contributed by atoms with Crippen LogP contribution in [0.5, 0.6) is 0 Å². The Morgan fingerprint density at radius 2 is 1.15 bits per heavy atom. The maximum atomic E-state index is 13.3. The summed E-state index contributed by atoms with van der Waals surface area (Å²) in [4.78, 5) is 25.7. The van der Waals surface area contributed by atoms with Gasteiger partial charge in [-0.3, -0.25) is 9.59 Å². The summed E-state index contributed by atoms with van der Waals surface area (Å²) in [5.74, 6) is -2.48. The van der Waals surface area contributed by atoms with E-state index in [9.17, 15) is 27.9 Å². The number of carbonyl (C=O) groups is 2. The molecule has 2 amide bonds. The second-order valence-corrected chi connectivity index (χ2v) is 7.58. The van der Waals surface area contributed by atoms with E-state index in [1.54, 1.807) is 12.1 Å². The van der Waals surface area contributed by atoms with E-state index < -0.39 is 41.3 Å². The van der Waals surface area contributed by atoms with Crippen molar-refractivity contribution in [2.75, 3.05) is 6.61 Å². The lowest BCUT2D eigenvalue weighted by Gasteiger charge is -2.23. The maximum absolute atomic E-state index is 13.3. The molecular formula is C25H23F3N2O3. The first kappa shape index (κ1) is 24.0. The molecule has 172 valence electrons. The van der Waals surface area contributed by atoms with Gasteiger partial charge in [0.25, 0.3) is 5.91 Å². The molecule has 0 aliphatic carbocycles. The number of hydrogen-bond donors (Lipinski definition) is 3. The van der Waals surface area contributed by atoms with Crippen LogP contribution in [0.25, 0.3) is 0 Å². The lowest BCUT2D eigenvalue weighted by molar-refractivity contribution is -0.124. The van der Waals surface area contributed by atoms with Crippen LogP contribution in [0.2, 0.25) is 0 Å². The molecule has 0 bridgehead atoms. The monoisotopic (exact) mass is 456 g/mol. The topological polar surface area (TPSA) is 78.4 Å². The predicted molar refractivity (Wildman–Crippen MR) is 117 cm³/mol. The standard InChI is InChI=1S/C25H23F3N2O3/c26-19-7-1-16(2-8-19)13-22(15-31)29-25(33)23(14-17-3-9-20(27)10-4-17)30-24(32)18-5-11-21(28)12-6-18/h1-12,22-23,31H,13-15H2,(H,29,33)(H,30,32)/t22-,23-/m0/s1. The molecule has 0 spiro atoms. The zero-order valence-corrected chi connectivity index (χ0v) is 17.6. The van der Waals surface area contributed by atoms with Gasteiger partial charge in [0.2, 0.25) is 5.91 Å². The SMILES string of the molecule is O=C(N[C@@H](Cc1ccc(F)cc1)C(=O)N[C@H](CO)Cc1ccc(F)cc1)c1ccc(F)cc1. The molecule has 0 aliphatic heterocycles. The van der Waals surface area contributed by atoms with Gasteiger partial charge < -0.3 is 15.7 Å². The third-order valence-corrected chi connectivity index (χ3v) is 5.04. The van der Waals surface area contributed by atoms with Gasteiger partial charge in [-0.15, -0.1) is 0 Å². The molecule has 0 saturated carbocycles. The molecule has 0 saturated heterocycles. The Balaban J connectivity index is 1.74. The molecule has 2 atom stereocenters. The highest BCUT2D eigenvalue weighted by Crippen LogP contribution is 2.10. The number of hydrogen-bond acceptors (Lipinski definition) is 3. The van der Waals surface area contributed by atoms with Crippen molar-refractivity contribution in [2.45, 2.75) is 24.9 Å². The number of rotatable bonds is 9. The second-order valence-electron chi connectivity index (χ2n) is 7.58. The van der Waals surface area contributed by atoms with Crippen LogP contribution in [0.4, 0.5) is 13.2 Å². The summed E-state index contributed by atoms with van der Waals surface area (Å²) in [6.07, 6.45) is 0.311. The fraction of sp³-hybridized carbons (Fsp3) is 0.200. The maximum Gasteiger partial charge on any atom is 0.251 e. The number of carbonyl (C=O) groups excluding carboxylic acids is 2. The number of amides is 2. The Bertz CT molecular complexity index is 1070. The number of benzene rings is 3. The molecule has 3 rings (SSSR count). The summed E-state index contributed by atoms with van der Waals surface area (Å²) in [6.45, 7) is -0.377. The van der Waals surface area contributed by atoms with Crippen molar-refractivity contribution in [1.29, 1.82) is 0 Å². The summed E-state index contributed by atoms with van der Waals surface area (Å²) < 4.78 is 39.6. The van der Waals surface area contributed by atoms with Crippen molar-refractivity contribution in [2.24, 2.45) is 0 Å². The molecule has 0 heterocycles. The van der Waals surface area contributed by atoms with E-state index in [2.05, 4.69) is 10.6 Å². The smallest absolute Gasteiger partial charge is 0.251 e. The summed E-state index contributed by atoms with van der Waals surface area (Å²) in [5.41, 5.74) is 1.48. The fourth-order valence-corrected chi connectivity index (χ4v) is 3.28. The van der Waals surface area contributed by atoms with Crippen LogP contribution in [0.15, 0.2) is 72.8 Å². The van der Waals surface area contributed by atoms with Crippen LogP contribution in [0.3, 0.4) is 0 Å². The van der Waals surface area contributed by atoms with Gasteiger partial charge in [-0.1, -0.05) is 24.3 Å². The Hall–Kier alpha value is -3.65. The number of halogens is 3. The van der Waals surface area contributed by atoms with Gasteiger partial charge in [-0.05, 0) is 66.1 Å². The first-order chi connectivity index (χ1) is 15.8. The zero-order chi connectivity index (χ0) is 23.8. The van der Waals surface area contributed by atoms with E-state index in [-0.39, 0.29) is 25.0 Å². The van der Waals surface area contributed by atoms with E-state index in [1.165, 1.54) is 48.5 Å². The summed E-state index contributed by atoms with van der Waals surface area (Å²) in [5, 5.41) is 15.0. The second kappa shape index (κ2) is 11.3. The van der Waals surface area contributed by atoms with Gasteiger partial charge in [-0.2, -0.15) is 0 Å². The van der Waals surface area contributed by atoms with Gasteiger partial charge in [0, 0.05) is 12.0 Å². The number of nitrogens with one attached hydrogen (secondary N) is 2. The van der Waals surface area contributed by atoms with Crippen LogP contribution in [-0.4, -0.2) is 35.6 Å². The van der Waals surface area contributed by atoms with Gasteiger partial charge >= 0.3 is 0 Å². The average molecular weight is 456 g/mol. The van der Waals surface area contributed by atoms with Crippen molar-refractivity contribution in [3.8, 4) is 0 Å². The lowest BCUT2D eigenvalue weighted by Crippen LogP contribution is -2.52. The highest BCUT2D eigenvalue weighted by molar-refractivity contribution is 5.97. The summed E-state index contributed by atoms with van der Waals surface area (Å²) >= 11 is 0. The Morgan fingerprint density at radius 3 is 1.64 bits per heavy atom. The van der Waals surface area contributed by atoms with Crippen LogP contribution < -0.4 is 10.6 Å². The Morgan fingerprint density at radius 1 is 0.697 bits per heavy atom. The molecule has 3 aromatic carbocycles.